The van der Waals surface area contributed by atoms with Crippen LogP contribution in [0.1, 0.15) is 15.6 Å². The lowest BCUT2D eigenvalue weighted by Gasteiger charge is -2.03. The summed E-state index contributed by atoms with van der Waals surface area (Å²) in [5, 5.41) is 2.67. The van der Waals surface area contributed by atoms with Crippen LogP contribution in [-0.4, -0.2) is 13.4 Å². The van der Waals surface area contributed by atoms with Gasteiger partial charge < -0.3 is 0 Å². The normalized spacial score (nSPS) is 11.9. The van der Waals surface area contributed by atoms with Gasteiger partial charge in [0.15, 0.2) is 0 Å². The fourth-order valence-corrected chi connectivity index (χ4v) is 5.62. The first-order chi connectivity index (χ1) is 8.38. The molecule has 98 valence electrons. The maximum atomic E-state index is 12.1. The van der Waals surface area contributed by atoms with Gasteiger partial charge in [-0.05, 0) is 35.8 Å². The highest BCUT2D eigenvalue weighted by Gasteiger charge is 2.19. The molecule has 0 spiro atoms. The molecule has 0 radical (unpaired) electrons. The zero-order valence-electron chi connectivity index (χ0n) is 9.73. The van der Waals surface area contributed by atoms with Crippen molar-refractivity contribution in [3.8, 4) is 0 Å². The Morgan fingerprint density at radius 1 is 1.44 bits per heavy atom. The number of sulfonamides is 1. The Kier molecular flexibility index (Phi) is 4.22. The van der Waals surface area contributed by atoms with Crippen molar-refractivity contribution in [2.45, 2.75) is 25.3 Å². The van der Waals surface area contributed by atoms with Crippen LogP contribution in [0.2, 0.25) is 0 Å². The SMILES string of the molecule is Cc1csc(CNS(=O)(=O)c2cc(Br)sc2C)n1. The van der Waals surface area contributed by atoms with Crippen molar-refractivity contribution in [1.29, 1.82) is 0 Å². The largest absolute Gasteiger partial charge is 0.245 e. The molecule has 0 fully saturated rings. The van der Waals surface area contributed by atoms with E-state index in [4.69, 9.17) is 0 Å². The minimum Gasteiger partial charge on any atom is -0.245 e. The highest BCUT2D eigenvalue weighted by Crippen LogP contribution is 2.29. The van der Waals surface area contributed by atoms with Crippen molar-refractivity contribution >= 4 is 48.6 Å². The third-order valence-corrected chi connectivity index (χ3v) is 6.39. The average Bonchev–Trinajstić information content (AvgIpc) is 2.82. The van der Waals surface area contributed by atoms with Gasteiger partial charge in [-0.2, -0.15) is 0 Å². The second kappa shape index (κ2) is 5.38. The lowest BCUT2D eigenvalue weighted by atomic mass is 10.5. The first-order valence-corrected chi connectivity index (χ1v) is 9.02. The van der Waals surface area contributed by atoms with Crippen LogP contribution >= 0.6 is 38.6 Å². The van der Waals surface area contributed by atoms with E-state index in [1.165, 1.54) is 22.7 Å². The number of aryl methyl sites for hydroxylation is 2. The standard InChI is InChI=1S/C10H11BrN2O2S3/c1-6-5-16-10(13-6)4-12-18(14,15)8-3-9(11)17-7(8)2/h3,5,12H,4H2,1-2H3. The predicted molar refractivity (Wildman–Crippen MR) is 77.6 cm³/mol. The number of halogens is 1. The molecular weight excluding hydrogens is 356 g/mol. The maximum Gasteiger partial charge on any atom is 0.242 e. The van der Waals surface area contributed by atoms with E-state index in [9.17, 15) is 8.42 Å². The van der Waals surface area contributed by atoms with E-state index in [0.29, 0.717) is 4.90 Å². The minimum atomic E-state index is -3.46. The van der Waals surface area contributed by atoms with Crippen LogP contribution in [0.25, 0.3) is 0 Å². The lowest BCUT2D eigenvalue weighted by molar-refractivity contribution is 0.581. The van der Waals surface area contributed by atoms with E-state index >= 15 is 0 Å². The summed E-state index contributed by atoms with van der Waals surface area (Å²) in [6.45, 7) is 3.90. The molecule has 0 aliphatic carbocycles. The molecular formula is C10H11BrN2O2S3. The van der Waals surface area contributed by atoms with Gasteiger partial charge in [-0.25, -0.2) is 18.1 Å². The van der Waals surface area contributed by atoms with Crippen molar-refractivity contribution in [2.24, 2.45) is 0 Å². The number of nitrogens with zero attached hydrogens (tertiary/aromatic N) is 1. The average molecular weight is 367 g/mol. The van der Waals surface area contributed by atoms with Gasteiger partial charge >= 0.3 is 0 Å². The van der Waals surface area contributed by atoms with Crippen LogP contribution in [0.3, 0.4) is 0 Å². The second-order valence-electron chi connectivity index (χ2n) is 3.68. The third kappa shape index (κ3) is 3.18. The molecule has 0 amide bonds. The number of thiophene rings is 1. The molecule has 2 aromatic rings. The van der Waals surface area contributed by atoms with E-state index in [0.717, 1.165) is 19.4 Å². The lowest BCUT2D eigenvalue weighted by Crippen LogP contribution is -2.23. The van der Waals surface area contributed by atoms with E-state index in [1.807, 2.05) is 12.3 Å². The van der Waals surface area contributed by atoms with Crippen molar-refractivity contribution in [2.75, 3.05) is 0 Å². The molecule has 0 unspecified atom stereocenters. The van der Waals surface area contributed by atoms with Gasteiger partial charge in [0.05, 0.1) is 15.2 Å². The highest BCUT2D eigenvalue weighted by atomic mass is 79.9. The van der Waals surface area contributed by atoms with Crippen molar-refractivity contribution < 1.29 is 8.42 Å². The first kappa shape index (κ1) is 14.1. The van der Waals surface area contributed by atoms with E-state index in [1.54, 1.807) is 13.0 Å². The zero-order valence-corrected chi connectivity index (χ0v) is 13.8. The summed E-state index contributed by atoms with van der Waals surface area (Å²) in [7, 11) is -3.46. The molecule has 0 bridgehead atoms. The van der Waals surface area contributed by atoms with Crippen LogP contribution < -0.4 is 4.72 Å². The number of rotatable bonds is 4. The van der Waals surface area contributed by atoms with Crippen molar-refractivity contribution in [1.82, 2.24) is 9.71 Å². The van der Waals surface area contributed by atoms with Gasteiger partial charge in [-0.1, -0.05) is 0 Å². The van der Waals surface area contributed by atoms with Crippen molar-refractivity contribution in [3.05, 3.63) is 30.8 Å². The fourth-order valence-electron chi connectivity index (χ4n) is 1.42. The summed E-state index contributed by atoms with van der Waals surface area (Å²) in [5.74, 6) is 0. The first-order valence-electron chi connectivity index (χ1n) is 5.05. The predicted octanol–water partition coefficient (Wildman–Crippen LogP) is 3.06. The Morgan fingerprint density at radius 2 is 2.17 bits per heavy atom. The molecule has 0 saturated heterocycles. The van der Waals surface area contributed by atoms with Crippen molar-refractivity contribution in [3.63, 3.8) is 0 Å². The summed E-state index contributed by atoms with van der Waals surface area (Å²) < 4.78 is 27.6. The van der Waals surface area contributed by atoms with Crippen LogP contribution in [0.4, 0.5) is 0 Å². The molecule has 1 N–H and O–H groups in total. The second-order valence-corrected chi connectivity index (χ2v) is 8.99. The molecule has 2 rings (SSSR count). The van der Waals surface area contributed by atoms with E-state index < -0.39 is 10.0 Å². The molecule has 8 heteroatoms. The van der Waals surface area contributed by atoms with Gasteiger partial charge in [0.2, 0.25) is 10.0 Å². The van der Waals surface area contributed by atoms with Crippen LogP contribution in [-0.2, 0) is 16.6 Å². The van der Waals surface area contributed by atoms with Gasteiger partial charge in [0.25, 0.3) is 0 Å². The number of hydrogen-bond acceptors (Lipinski definition) is 5. The maximum absolute atomic E-state index is 12.1. The number of aromatic nitrogens is 1. The van der Waals surface area contributed by atoms with Crippen LogP contribution in [0.15, 0.2) is 20.1 Å². The molecule has 0 aliphatic heterocycles. The Labute approximate surface area is 122 Å². The number of hydrogen-bond donors (Lipinski definition) is 1. The van der Waals surface area contributed by atoms with E-state index in [2.05, 4.69) is 25.6 Å². The van der Waals surface area contributed by atoms with Crippen LogP contribution in [0.5, 0.6) is 0 Å². The molecule has 0 atom stereocenters. The quantitative estimate of drug-likeness (QED) is 0.904. The summed E-state index contributed by atoms with van der Waals surface area (Å²) >= 11 is 6.15. The van der Waals surface area contributed by atoms with Crippen LogP contribution in [0, 0.1) is 13.8 Å². The minimum absolute atomic E-state index is 0.230. The molecule has 18 heavy (non-hydrogen) atoms. The summed E-state index contributed by atoms with van der Waals surface area (Å²) in [6, 6.07) is 1.62. The van der Waals surface area contributed by atoms with Gasteiger partial charge in [-0.3, -0.25) is 0 Å². The van der Waals surface area contributed by atoms with E-state index in [-0.39, 0.29) is 6.54 Å². The molecule has 0 aromatic carbocycles. The van der Waals surface area contributed by atoms with Gasteiger partial charge in [0.1, 0.15) is 5.01 Å². The molecule has 0 aliphatic rings. The Hall–Kier alpha value is -0.280. The monoisotopic (exact) mass is 366 g/mol. The number of nitrogens with one attached hydrogen (secondary N) is 1. The molecule has 0 saturated carbocycles. The zero-order chi connectivity index (χ0) is 13.3. The Balaban J connectivity index is 2.15. The summed E-state index contributed by atoms with van der Waals surface area (Å²) in [5.41, 5.74) is 0.906. The molecule has 2 aromatic heterocycles. The number of thiazole rings is 1. The Bertz CT molecular complexity index is 660. The summed E-state index contributed by atoms with van der Waals surface area (Å²) in [6.07, 6.45) is 0. The highest BCUT2D eigenvalue weighted by molar-refractivity contribution is 9.11. The fraction of sp³-hybridized carbons (Fsp3) is 0.300. The summed E-state index contributed by atoms with van der Waals surface area (Å²) in [4.78, 5) is 5.31. The molecule has 4 nitrogen and oxygen atoms in total. The van der Waals surface area contributed by atoms with Gasteiger partial charge in [0, 0.05) is 16.0 Å². The topological polar surface area (TPSA) is 59.1 Å². The van der Waals surface area contributed by atoms with Gasteiger partial charge in [-0.15, -0.1) is 22.7 Å². The third-order valence-electron chi connectivity index (χ3n) is 2.21. The molecule has 2 heterocycles. The smallest absolute Gasteiger partial charge is 0.242 e. The Morgan fingerprint density at radius 3 is 2.67 bits per heavy atom.